The predicted molar refractivity (Wildman–Crippen MR) is 87.0 cm³/mol. The zero-order valence-corrected chi connectivity index (χ0v) is 14.1. The van der Waals surface area contributed by atoms with Gasteiger partial charge < -0.3 is 4.90 Å². The van der Waals surface area contributed by atoms with E-state index in [2.05, 4.69) is 0 Å². The second kappa shape index (κ2) is 5.99. The molecule has 1 amide bonds. The Hall–Kier alpha value is -2.25. The van der Waals surface area contributed by atoms with Gasteiger partial charge in [-0.25, -0.2) is 12.8 Å². The number of halogens is 1. The molecular formula is C17H17FN2O3S. The first kappa shape index (κ1) is 16.6. The van der Waals surface area contributed by atoms with E-state index in [-0.39, 0.29) is 17.3 Å². The topological polar surface area (TPSA) is 57.7 Å². The Morgan fingerprint density at radius 3 is 2.46 bits per heavy atom. The van der Waals surface area contributed by atoms with Crippen molar-refractivity contribution in [1.29, 1.82) is 0 Å². The molecule has 7 heteroatoms. The van der Waals surface area contributed by atoms with Gasteiger partial charge in [-0.05, 0) is 30.2 Å². The van der Waals surface area contributed by atoms with E-state index < -0.39 is 22.0 Å². The maximum absolute atomic E-state index is 13.6. The molecule has 24 heavy (non-hydrogen) atoms. The van der Waals surface area contributed by atoms with Gasteiger partial charge in [-0.3, -0.25) is 4.79 Å². The van der Waals surface area contributed by atoms with Crippen molar-refractivity contribution in [1.82, 2.24) is 9.21 Å². The van der Waals surface area contributed by atoms with Crippen molar-refractivity contribution in [2.24, 2.45) is 0 Å². The standard InChI is InChI=1S/C17H17FN2O3S/c1-12-8-9-14(18)10-15(12)24(22,23)20-11-16(21)19(2)17(20)13-6-4-3-5-7-13/h3-10,17H,11H2,1-2H3/t17-/m1/s1. The van der Waals surface area contributed by atoms with Crippen LogP contribution in [0.5, 0.6) is 0 Å². The molecule has 3 rings (SSSR count). The highest BCUT2D eigenvalue weighted by atomic mass is 32.2. The van der Waals surface area contributed by atoms with Crippen LogP contribution in [0.25, 0.3) is 0 Å². The number of carbonyl (C=O) groups excluding carboxylic acids is 1. The van der Waals surface area contributed by atoms with Gasteiger partial charge >= 0.3 is 0 Å². The van der Waals surface area contributed by atoms with Gasteiger partial charge in [0.2, 0.25) is 15.9 Å². The lowest BCUT2D eigenvalue weighted by atomic mass is 10.2. The number of sulfonamides is 1. The highest BCUT2D eigenvalue weighted by Gasteiger charge is 2.44. The molecule has 2 aromatic carbocycles. The lowest BCUT2D eigenvalue weighted by molar-refractivity contribution is -0.126. The zero-order chi connectivity index (χ0) is 17.5. The smallest absolute Gasteiger partial charge is 0.245 e. The van der Waals surface area contributed by atoms with Gasteiger partial charge in [0.25, 0.3) is 0 Å². The van der Waals surface area contributed by atoms with Gasteiger partial charge in [0.15, 0.2) is 0 Å². The summed E-state index contributed by atoms with van der Waals surface area (Å²) in [5.41, 5.74) is 1.12. The third kappa shape index (κ3) is 2.70. The summed E-state index contributed by atoms with van der Waals surface area (Å²) in [4.78, 5) is 13.4. The lowest BCUT2D eigenvalue weighted by Crippen LogP contribution is -2.34. The van der Waals surface area contributed by atoms with Crippen LogP contribution in [0.1, 0.15) is 17.3 Å². The Bertz CT molecular complexity index is 884. The van der Waals surface area contributed by atoms with E-state index in [1.807, 2.05) is 6.07 Å². The van der Waals surface area contributed by atoms with E-state index in [1.165, 1.54) is 17.0 Å². The van der Waals surface area contributed by atoms with E-state index in [1.54, 1.807) is 38.2 Å². The number of carbonyl (C=O) groups is 1. The Morgan fingerprint density at radius 2 is 1.79 bits per heavy atom. The number of nitrogens with zero attached hydrogens (tertiary/aromatic N) is 2. The average molecular weight is 348 g/mol. The molecule has 1 heterocycles. The largest absolute Gasteiger partial charge is 0.324 e. The summed E-state index contributed by atoms with van der Waals surface area (Å²) in [6.45, 7) is 1.33. The maximum atomic E-state index is 13.6. The highest BCUT2D eigenvalue weighted by molar-refractivity contribution is 7.89. The first-order chi connectivity index (χ1) is 11.3. The SMILES string of the molecule is Cc1ccc(F)cc1S(=O)(=O)N1CC(=O)N(C)[C@H]1c1ccccc1. The minimum atomic E-state index is -4.02. The zero-order valence-electron chi connectivity index (χ0n) is 13.3. The fourth-order valence-electron chi connectivity index (χ4n) is 2.87. The fraction of sp³-hybridized carbons (Fsp3) is 0.235. The molecule has 0 N–H and O–H groups in total. The van der Waals surface area contributed by atoms with Crippen molar-refractivity contribution in [3.8, 4) is 0 Å². The second-order valence-electron chi connectivity index (χ2n) is 5.75. The van der Waals surface area contributed by atoms with Gasteiger partial charge in [0.1, 0.15) is 12.0 Å². The molecular weight excluding hydrogens is 331 g/mol. The monoisotopic (exact) mass is 348 g/mol. The third-order valence-electron chi connectivity index (χ3n) is 4.16. The fourth-order valence-corrected chi connectivity index (χ4v) is 4.67. The van der Waals surface area contributed by atoms with Crippen LogP contribution < -0.4 is 0 Å². The molecule has 1 fully saturated rings. The Morgan fingerprint density at radius 1 is 1.12 bits per heavy atom. The van der Waals surface area contributed by atoms with Crippen molar-refractivity contribution in [3.05, 3.63) is 65.5 Å². The summed E-state index contributed by atoms with van der Waals surface area (Å²) in [5, 5.41) is 0. The van der Waals surface area contributed by atoms with Gasteiger partial charge in [0, 0.05) is 7.05 Å². The van der Waals surface area contributed by atoms with Crippen LogP contribution in [-0.4, -0.2) is 37.1 Å². The summed E-state index contributed by atoms with van der Waals surface area (Å²) in [7, 11) is -2.46. The van der Waals surface area contributed by atoms with Crippen LogP contribution in [0.4, 0.5) is 4.39 Å². The van der Waals surface area contributed by atoms with Gasteiger partial charge in [-0.1, -0.05) is 36.4 Å². The molecule has 0 unspecified atom stereocenters. The number of aryl methyl sites for hydroxylation is 1. The molecule has 1 atom stereocenters. The molecule has 0 radical (unpaired) electrons. The molecule has 126 valence electrons. The van der Waals surface area contributed by atoms with Crippen LogP contribution in [0.15, 0.2) is 53.4 Å². The van der Waals surface area contributed by atoms with Crippen molar-refractivity contribution in [2.45, 2.75) is 18.0 Å². The number of hydrogen-bond acceptors (Lipinski definition) is 3. The Kier molecular flexibility index (Phi) is 4.15. The molecule has 0 spiro atoms. The normalized spacial score (nSPS) is 19.0. The summed E-state index contributed by atoms with van der Waals surface area (Å²) in [5.74, 6) is -0.934. The van der Waals surface area contributed by atoms with E-state index in [0.717, 1.165) is 10.4 Å². The Balaban J connectivity index is 2.12. The van der Waals surface area contributed by atoms with Crippen molar-refractivity contribution in [3.63, 3.8) is 0 Å². The minimum Gasteiger partial charge on any atom is -0.324 e. The first-order valence-electron chi connectivity index (χ1n) is 7.41. The molecule has 0 aromatic heterocycles. The number of likely N-dealkylation sites (N-methyl/N-ethyl adjacent to an activating group) is 1. The summed E-state index contributed by atoms with van der Waals surface area (Å²) >= 11 is 0. The van der Waals surface area contributed by atoms with Crippen LogP contribution in [0, 0.1) is 12.7 Å². The third-order valence-corrected chi connectivity index (χ3v) is 6.10. The average Bonchev–Trinajstić information content (AvgIpc) is 2.87. The van der Waals surface area contributed by atoms with E-state index in [9.17, 15) is 17.6 Å². The quantitative estimate of drug-likeness (QED) is 0.855. The Labute approximate surface area is 140 Å². The number of benzene rings is 2. The van der Waals surface area contributed by atoms with Crippen LogP contribution in [-0.2, 0) is 14.8 Å². The van der Waals surface area contributed by atoms with Crippen molar-refractivity contribution >= 4 is 15.9 Å². The van der Waals surface area contributed by atoms with Crippen LogP contribution >= 0.6 is 0 Å². The molecule has 0 aliphatic carbocycles. The molecule has 0 saturated carbocycles. The molecule has 5 nitrogen and oxygen atoms in total. The maximum Gasteiger partial charge on any atom is 0.245 e. The predicted octanol–water partition coefficient (Wildman–Crippen LogP) is 2.30. The van der Waals surface area contributed by atoms with Crippen LogP contribution in [0.3, 0.4) is 0 Å². The minimum absolute atomic E-state index is 0.119. The summed E-state index contributed by atoms with van der Waals surface area (Å²) in [6.07, 6.45) is -0.744. The van der Waals surface area contributed by atoms with Gasteiger partial charge in [0.05, 0.1) is 11.4 Å². The van der Waals surface area contributed by atoms with Crippen molar-refractivity contribution in [2.75, 3.05) is 13.6 Å². The number of amides is 1. The highest BCUT2D eigenvalue weighted by Crippen LogP contribution is 2.35. The second-order valence-corrected chi connectivity index (χ2v) is 7.61. The van der Waals surface area contributed by atoms with Gasteiger partial charge in [-0.15, -0.1) is 0 Å². The summed E-state index contributed by atoms with van der Waals surface area (Å²) in [6, 6.07) is 12.5. The van der Waals surface area contributed by atoms with E-state index in [0.29, 0.717) is 11.1 Å². The molecule has 1 saturated heterocycles. The lowest BCUT2D eigenvalue weighted by Gasteiger charge is -2.27. The van der Waals surface area contributed by atoms with Gasteiger partial charge in [-0.2, -0.15) is 4.31 Å². The van der Waals surface area contributed by atoms with E-state index in [4.69, 9.17) is 0 Å². The van der Waals surface area contributed by atoms with Crippen LogP contribution in [0.2, 0.25) is 0 Å². The van der Waals surface area contributed by atoms with E-state index >= 15 is 0 Å². The molecule has 1 aliphatic heterocycles. The van der Waals surface area contributed by atoms with Crippen molar-refractivity contribution < 1.29 is 17.6 Å². The number of hydrogen-bond donors (Lipinski definition) is 0. The summed E-state index contributed by atoms with van der Waals surface area (Å²) < 4.78 is 40.8. The first-order valence-corrected chi connectivity index (χ1v) is 8.85. The molecule has 2 aromatic rings. The molecule has 1 aliphatic rings. The number of rotatable bonds is 3. The molecule has 0 bridgehead atoms.